The van der Waals surface area contributed by atoms with Crippen LogP contribution in [0.3, 0.4) is 0 Å². The molecule has 1 heterocycles. The van der Waals surface area contributed by atoms with Gasteiger partial charge in [0.25, 0.3) is 0 Å². The molecule has 0 aromatic carbocycles. The van der Waals surface area contributed by atoms with Crippen LogP contribution >= 0.6 is 11.5 Å². The number of rotatable bonds is 2. The molecular formula is C9H11N3OS. The normalized spacial score (nSPS) is 11.1. The van der Waals surface area contributed by atoms with E-state index in [9.17, 15) is 0 Å². The largest absolute Gasteiger partial charge is 0.481 e. The average molecular weight is 209 g/mol. The van der Waals surface area contributed by atoms with E-state index in [2.05, 4.69) is 15.4 Å². The molecule has 0 atom stereocenters. The molecular weight excluding hydrogens is 198 g/mol. The molecule has 0 aliphatic rings. The molecule has 4 nitrogen and oxygen atoms in total. The highest BCUT2D eigenvalue weighted by Crippen LogP contribution is 2.26. The first-order valence-electron chi connectivity index (χ1n) is 4.23. The van der Waals surface area contributed by atoms with Gasteiger partial charge in [0.2, 0.25) is 0 Å². The Labute approximate surface area is 87.0 Å². The van der Waals surface area contributed by atoms with Crippen LogP contribution in [0, 0.1) is 18.3 Å². The summed E-state index contributed by atoms with van der Waals surface area (Å²) in [6.45, 7) is 6.03. The highest BCUT2D eigenvalue weighted by molar-refractivity contribution is 7.10. The molecule has 1 aromatic rings. The third-order valence-corrected chi connectivity index (χ3v) is 2.40. The van der Waals surface area contributed by atoms with E-state index < -0.39 is 0 Å². The lowest BCUT2D eigenvalue weighted by molar-refractivity contribution is 0.325. The summed E-state index contributed by atoms with van der Waals surface area (Å²) < 4.78 is 9.23. The van der Waals surface area contributed by atoms with Crippen LogP contribution < -0.4 is 0 Å². The van der Waals surface area contributed by atoms with Crippen molar-refractivity contribution in [2.45, 2.75) is 20.8 Å². The third-order valence-electron chi connectivity index (χ3n) is 1.57. The van der Waals surface area contributed by atoms with Gasteiger partial charge in [0, 0.05) is 6.92 Å². The maximum Gasteiger partial charge on any atom is 0.186 e. The molecule has 14 heavy (non-hydrogen) atoms. The number of hydrogen-bond donors (Lipinski definition) is 0. The van der Waals surface area contributed by atoms with E-state index in [1.807, 2.05) is 6.92 Å². The van der Waals surface area contributed by atoms with Gasteiger partial charge < -0.3 is 4.74 Å². The van der Waals surface area contributed by atoms with Crippen LogP contribution in [0.25, 0.3) is 0 Å². The molecule has 0 saturated carbocycles. The van der Waals surface area contributed by atoms with Crippen LogP contribution in [-0.2, 0) is 4.74 Å². The molecule has 0 spiro atoms. The first-order chi connectivity index (χ1) is 6.69. The summed E-state index contributed by atoms with van der Waals surface area (Å²) in [6, 6.07) is 2.08. The lowest BCUT2D eigenvalue weighted by Crippen LogP contribution is -1.97. The fraction of sp³-hybridized carbons (Fsp3) is 0.444. The zero-order valence-electron chi connectivity index (χ0n) is 8.37. The Balaban J connectivity index is 2.98. The predicted octanol–water partition coefficient (Wildman–Crippen LogP) is 2.41. The molecule has 0 saturated heterocycles. The number of ether oxygens (including phenoxy) is 1. The SMILES string of the molecule is CCO/C(C)=N\c1snc(C)c1C#N. The van der Waals surface area contributed by atoms with Crippen molar-refractivity contribution in [3.63, 3.8) is 0 Å². The number of nitriles is 1. The second kappa shape index (κ2) is 4.72. The third kappa shape index (κ3) is 2.30. The molecule has 0 unspecified atom stereocenters. The van der Waals surface area contributed by atoms with Crippen molar-refractivity contribution in [1.29, 1.82) is 5.26 Å². The molecule has 0 bridgehead atoms. The Hall–Kier alpha value is -1.41. The van der Waals surface area contributed by atoms with Crippen LogP contribution in [0.15, 0.2) is 4.99 Å². The van der Waals surface area contributed by atoms with Crippen LogP contribution in [0.1, 0.15) is 25.1 Å². The van der Waals surface area contributed by atoms with Gasteiger partial charge in [0.05, 0.1) is 12.3 Å². The van der Waals surface area contributed by atoms with Crippen LogP contribution in [0.2, 0.25) is 0 Å². The van der Waals surface area contributed by atoms with Crippen LogP contribution in [0.4, 0.5) is 5.00 Å². The van der Waals surface area contributed by atoms with Gasteiger partial charge in [0.1, 0.15) is 11.6 Å². The van der Waals surface area contributed by atoms with E-state index >= 15 is 0 Å². The van der Waals surface area contributed by atoms with Crippen molar-refractivity contribution in [3.8, 4) is 6.07 Å². The smallest absolute Gasteiger partial charge is 0.186 e. The minimum absolute atomic E-state index is 0.536. The van der Waals surface area contributed by atoms with Gasteiger partial charge in [-0.2, -0.15) is 9.64 Å². The molecule has 0 radical (unpaired) electrons. The zero-order valence-corrected chi connectivity index (χ0v) is 9.18. The van der Waals surface area contributed by atoms with E-state index in [-0.39, 0.29) is 0 Å². The first-order valence-corrected chi connectivity index (χ1v) is 5.00. The fourth-order valence-electron chi connectivity index (χ4n) is 0.947. The molecule has 0 N–H and O–H groups in total. The first kappa shape index (κ1) is 10.7. The van der Waals surface area contributed by atoms with Gasteiger partial charge in [-0.25, -0.2) is 4.99 Å². The summed E-state index contributed by atoms with van der Waals surface area (Å²) in [6.07, 6.45) is 0. The molecule has 5 heteroatoms. The zero-order chi connectivity index (χ0) is 10.6. The Morgan fingerprint density at radius 1 is 1.71 bits per heavy atom. The van der Waals surface area contributed by atoms with E-state index in [0.717, 1.165) is 5.69 Å². The monoisotopic (exact) mass is 209 g/mol. The topological polar surface area (TPSA) is 58.3 Å². The standard InChI is InChI=1S/C9H11N3OS/c1-4-13-7(3)11-9-8(5-10)6(2)12-14-9/h4H2,1-3H3/b11-7-. The van der Waals surface area contributed by atoms with Gasteiger partial charge in [-0.05, 0) is 25.4 Å². The van der Waals surface area contributed by atoms with Crippen molar-refractivity contribution in [2.24, 2.45) is 4.99 Å². The van der Waals surface area contributed by atoms with Crippen molar-refractivity contribution in [1.82, 2.24) is 4.37 Å². The summed E-state index contributed by atoms with van der Waals surface area (Å²) in [5.41, 5.74) is 1.26. The minimum atomic E-state index is 0.536. The maximum atomic E-state index is 8.84. The minimum Gasteiger partial charge on any atom is -0.481 e. The summed E-state index contributed by atoms with van der Waals surface area (Å²) in [7, 11) is 0. The summed E-state index contributed by atoms with van der Waals surface area (Å²) in [4.78, 5) is 4.17. The molecule has 1 aromatic heterocycles. The average Bonchev–Trinajstić information content (AvgIpc) is 2.47. The summed E-state index contributed by atoms with van der Waals surface area (Å²) in [5, 5.41) is 9.46. The van der Waals surface area contributed by atoms with Gasteiger partial charge in [-0.15, -0.1) is 0 Å². The van der Waals surface area contributed by atoms with Gasteiger partial charge in [0.15, 0.2) is 10.9 Å². The van der Waals surface area contributed by atoms with Gasteiger partial charge in [-0.3, -0.25) is 0 Å². The van der Waals surface area contributed by atoms with Crippen LogP contribution in [0.5, 0.6) is 0 Å². The number of hydrogen-bond acceptors (Lipinski definition) is 5. The Morgan fingerprint density at radius 3 is 3.00 bits per heavy atom. The summed E-state index contributed by atoms with van der Waals surface area (Å²) >= 11 is 1.21. The lowest BCUT2D eigenvalue weighted by atomic mass is 10.3. The Kier molecular flexibility index (Phi) is 3.60. The highest BCUT2D eigenvalue weighted by Gasteiger charge is 2.09. The second-order valence-corrected chi connectivity index (χ2v) is 3.38. The molecule has 0 aliphatic carbocycles. The Morgan fingerprint density at radius 2 is 2.43 bits per heavy atom. The second-order valence-electron chi connectivity index (χ2n) is 2.62. The number of nitrogens with zero attached hydrogens (tertiary/aromatic N) is 3. The highest BCUT2D eigenvalue weighted by atomic mass is 32.1. The quantitative estimate of drug-likeness (QED) is 0.555. The molecule has 1 rings (SSSR count). The molecule has 0 amide bonds. The number of aromatic nitrogens is 1. The van der Waals surface area contributed by atoms with Crippen molar-refractivity contribution in [2.75, 3.05) is 6.61 Å². The Bertz CT molecular complexity index is 389. The maximum absolute atomic E-state index is 8.84. The predicted molar refractivity (Wildman–Crippen MR) is 56.0 cm³/mol. The molecule has 0 fully saturated rings. The molecule has 0 aliphatic heterocycles. The lowest BCUT2D eigenvalue weighted by Gasteiger charge is -1.99. The summed E-state index contributed by atoms with van der Waals surface area (Å²) in [5.74, 6) is 0.563. The fourth-order valence-corrected chi connectivity index (χ4v) is 1.72. The van der Waals surface area contributed by atoms with Crippen molar-refractivity contribution >= 4 is 22.4 Å². The van der Waals surface area contributed by atoms with E-state index in [1.54, 1.807) is 13.8 Å². The van der Waals surface area contributed by atoms with Gasteiger partial charge >= 0.3 is 0 Å². The van der Waals surface area contributed by atoms with E-state index in [0.29, 0.717) is 23.1 Å². The van der Waals surface area contributed by atoms with Gasteiger partial charge in [-0.1, -0.05) is 0 Å². The van der Waals surface area contributed by atoms with E-state index in [1.165, 1.54) is 11.5 Å². The van der Waals surface area contributed by atoms with E-state index in [4.69, 9.17) is 10.00 Å². The van der Waals surface area contributed by atoms with Crippen molar-refractivity contribution < 1.29 is 4.74 Å². The van der Waals surface area contributed by atoms with Crippen LogP contribution in [-0.4, -0.2) is 16.9 Å². The number of aryl methyl sites for hydroxylation is 1. The molecule has 74 valence electrons. The van der Waals surface area contributed by atoms with Crippen molar-refractivity contribution in [3.05, 3.63) is 11.3 Å². The number of aliphatic imine (C=N–C) groups is 1.